The van der Waals surface area contributed by atoms with Crippen molar-refractivity contribution in [1.29, 1.82) is 0 Å². The summed E-state index contributed by atoms with van der Waals surface area (Å²) in [5, 5.41) is 0.385. The van der Waals surface area contributed by atoms with Crippen LogP contribution in [-0.2, 0) is 6.54 Å². The van der Waals surface area contributed by atoms with Crippen LogP contribution in [0.2, 0.25) is 0 Å². The van der Waals surface area contributed by atoms with E-state index in [0.717, 1.165) is 0 Å². The van der Waals surface area contributed by atoms with E-state index < -0.39 is 17.8 Å². The van der Waals surface area contributed by atoms with E-state index in [0.29, 0.717) is 22.3 Å². The number of amides is 1. The highest BCUT2D eigenvalue weighted by molar-refractivity contribution is 5.99. The van der Waals surface area contributed by atoms with Gasteiger partial charge < -0.3 is 13.7 Å². The minimum atomic E-state index is -0.760. The molecule has 5 nitrogen and oxygen atoms in total. The maximum Gasteiger partial charge on any atom is 0.291 e. The lowest BCUT2D eigenvalue weighted by molar-refractivity contribution is 0.0701. The summed E-state index contributed by atoms with van der Waals surface area (Å²) >= 11 is 0. The highest BCUT2D eigenvalue weighted by Gasteiger charge is 2.43. The largest absolute Gasteiger partial charge is 0.467 e. The molecule has 1 atom stereocenters. The number of para-hydroxylation sites is 1. The molecule has 1 aliphatic rings. The molecule has 0 unspecified atom stereocenters. The van der Waals surface area contributed by atoms with Gasteiger partial charge in [0.1, 0.15) is 17.2 Å². The van der Waals surface area contributed by atoms with Crippen molar-refractivity contribution in [1.82, 2.24) is 4.90 Å². The summed E-state index contributed by atoms with van der Waals surface area (Å²) in [6.07, 6.45) is 1.51. The molecule has 2 aromatic heterocycles. The molecular weight excluding hydrogens is 361 g/mol. The van der Waals surface area contributed by atoms with Crippen molar-refractivity contribution in [2.45, 2.75) is 12.6 Å². The number of fused-ring (bicyclic) bond motifs is 2. The lowest BCUT2D eigenvalue weighted by atomic mass is 9.98. The fourth-order valence-electron chi connectivity index (χ4n) is 3.72. The first-order valence-electron chi connectivity index (χ1n) is 8.78. The van der Waals surface area contributed by atoms with Gasteiger partial charge in [0, 0.05) is 0 Å². The molecule has 0 N–H and O–H groups in total. The molecule has 6 heteroatoms. The predicted octanol–water partition coefficient (Wildman–Crippen LogP) is 4.27. The van der Waals surface area contributed by atoms with Gasteiger partial charge in [-0.2, -0.15) is 0 Å². The Morgan fingerprint density at radius 3 is 2.64 bits per heavy atom. The molecule has 3 heterocycles. The van der Waals surface area contributed by atoms with Crippen LogP contribution in [0.1, 0.15) is 33.5 Å². The normalized spacial score (nSPS) is 16.0. The van der Waals surface area contributed by atoms with E-state index in [2.05, 4.69) is 0 Å². The Morgan fingerprint density at radius 2 is 1.86 bits per heavy atom. The minimum Gasteiger partial charge on any atom is -0.467 e. The highest BCUT2D eigenvalue weighted by Crippen LogP contribution is 2.39. The third kappa shape index (κ3) is 2.45. The van der Waals surface area contributed by atoms with Crippen LogP contribution in [0.15, 0.2) is 80.6 Å². The fraction of sp³-hybridized carbons (Fsp3) is 0.0909. The molecule has 28 heavy (non-hydrogen) atoms. The van der Waals surface area contributed by atoms with E-state index in [9.17, 15) is 14.0 Å². The zero-order valence-corrected chi connectivity index (χ0v) is 14.6. The summed E-state index contributed by atoms with van der Waals surface area (Å²) in [4.78, 5) is 27.8. The molecule has 0 radical (unpaired) electrons. The molecule has 5 rings (SSSR count). The number of furan rings is 1. The second-order valence-corrected chi connectivity index (χ2v) is 6.64. The van der Waals surface area contributed by atoms with Crippen LogP contribution in [-0.4, -0.2) is 10.8 Å². The van der Waals surface area contributed by atoms with E-state index in [-0.39, 0.29) is 23.3 Å². The third-order valence-electron chi connectivity index (χ3n) is 4.94. The van der Waals surface area contributed by atoms with E-state index in [1.165, 1.54) is 23.3 Å². The van der Waals surface area contributed by atoms with Crippen LogP contribution in [0.25, 0.3) is 11.0 Å². The zero-order chi connectivity index (χ0) is 19.3. The van der Waals surface area contributed by atoms with Crippen molar-refractivity contribution >= 4 is 16.9 Å². The number of hydrogen-bond acceptors (Lipinski definition) is 4. The van der Waals surface area contributed by atoms with Gasteiger partial charge in [-0.1, -0.05) is 24.3 Å². The lowest BCUT2D eigenvalue weighted by Crippen LogP contribution is -2.29. The van der Waals surface area contributed by atoms with Crippen LogP contribution < -0.4 is 5.43 Å². The Bertz CT molecular complexity index is 1260. The number of carbonyl (C=O) groups is 1. The summed E-state index contributed by atoms with van der Waals surface area (Å²) in [6.45, 7) is 0.132. The first-order chi connectivity index (χ1) is 13.6. The number of hydrogen-bond donors (Lipinski definition) is 0. The van der Waals surface area contributed by atoms with E-state index in [1.54, 1.807) is 48.5 Å². The maximum atomic E-state index is 13.9. The van der Waals surface area contributed by atoms with Gasteiger partial charge in [-0.15, -0.1) is 0 Å². The minimum absolute atomic E-state index is 0.00971. The SMILES string of the molecule is O=C1c2oc3ccccc3c(=O)c2[C@H](c2cccc(F)c2)N1Cc1ccco1. The zero-order valence-electron chi connectivity index (χ0n) is 14.6. The summed E-state index contributed by atoms with van der Waals surface area (Å²) in [7, 11) is 0. The molecule has 0 fully saturated rings. The lowest BCUT2D eigenvalue weighted by Gasteiger charge is -2.24. The number of rotatable bonds is 3. The monoisotopic (exact) mass is 375 g/mol. The van der Waals surface area contributed by atoms with Gasteiger partial charge in [-0.25, -0.2) is 4.39 Å². The van der Waals surface area contributed by atoms with Gasteiger partial charge in [0.25, 0.3) is 5.91 Å². The van der Waals surface area contributed by atoms with Gasteiger partial charge in [0.2, 0.25) is 5.76 Å². The summed E-state index contributed by atoms with van der Waals surface area (Å²) in [5.41, 5.74) is 0.779. The third-order valence-corrected chi connectivity index (χ3v) is 4.94. The number of nitrogens with zero attached hydrogens (tertiary/aromatic N) is 1. The molecular formula is C22H14FNO4. The smallest absolute Gasteiger partial charge is 0.291 e. The van der Waals surface area contributed by atoms with E-state index in [1.807, 2.05) is 0 Å². The van der Waals surface area contributed by atoms with Crippen molar-refractivity contribution in [3.8, 4) is 0 Å². The van der Waals surface area contributed by atoms with Crippen molar-refractivity contribution in [3.63, 3.8) is 0 Å². The maximum absolute atomic E-state index is 13.9. The molecule has 4 aromatic rings. The van der Waals surface area contributed by atoms with Gasteiger partial charge in [-0.3, -0.25) is 9.59 Å². The van der Waals surface area contributed by atoms with E-state index in [4.69, 9.17) is 8.83 Å². The fourth-order valence-corrected chi connectivity index (χ4v) is 3.72. The second-order valence-electron chi connectivity index (χ2n) is 6.64. The highest BCUT2D eigenvalue weighted by atomic mass is 19.1. The second kappa shape index (κ2) is 6.20. The molecule has 2 aromatic carbocycles. The standard InChI is InChI=1S/C22H14FNO4/c23-14-6-3-5-13(11-14)19-18-20(25)16-8-1-2-9-17(16)28-21(18)22(26)24(19)12-15-7-4-10-27-15/h1-11,19H,12H2/t19-/m0/s1. The van der Waals surface area contributed by atoms with Crippen molar-refractivity contribution in [2.75, 3.05) is 0 Å². The van der Waals surface area contributed by atoms with E-state index >= 15 is 0 Å². The molecule has 0 saturated carbocycles. The first kappa shape index (κ1) is 16.5. The van der Waals surface area contributed by atoms with Gasteiger partial charge >= 0.3 is 0 Å². The van der Waals surface area contributed by atoms with Gasteiger partial charge in [-0.05, 0) is 42.0 Å². The predicted molar refractivity (Wildman–Crippen MR) is 99.3 cm³/mol. The van der Waals surface area contributed by atoms with Crippen LogP contribution in [0.5, 0.6) is 0 Å². The topological polar surface area (TPSA) is 63.7 Å². The summed E-state index contributed by atoms with van der Waals surface area (Å²) in [6, 6.07) is 15.4. The summed E-state index contributed by atoms with van der Waals surface area (Å²) in [5.74, 6) is -0.325. The van der Waals surface area contributed by atoms with Crippen LogP contribution in [0.3, 0.4) is 0 Å². The molecule has 0 bridgehead atoms. The molecule has 0 aliphatic carbocycles. The molecule has 138 valence electrons. The van der Waals surface area contributed by atoms with Crippen LogP contribution in [0, 0.1) is 5.82 Å². The Kier molecular flexibility index (Phi) is 3.65. The Balaban J connectivity index is 1.76. The van der Waals surface area contributed by atoms with Crippen LogP contribution >= 0.6 is 0 Å². The van der Waals surface area contributed by atoms with Gasteiger partial charge in [0.15, 0.2) is 5.43 Å². The van der Waals surface area contributed by atoms with Crippen molar-refractivity contribution in [3.05, 3.63) is 106 Å². The average molecular weight is 375 g/mol. The number of halogens is 1. The van der Waals surface area contributed by atoms with Crippen LogP contribution in [0.4, 0.5) is 4.39 Å². The summed E-state index contributed by atoms with van der Waals surface area (Å²) < 4.78 is 25.1. The van der Waals surface area contributed by atoms with Crippen molar-refractivity contribution < 1.29 is 18.0 Å². The Morgan fingerprint density at radius 1 is 1.00 bits per heavy atom. The van der Waals surface area contributed by atoms with Crippen molar-refractivity contribution in [2.24, 2.45) is 0 Å². The Hall–Kier alpha value is -3.67. The quantitative estimate of drug-likeness (QED) is 0.536. The van der Waals surface area contributed by atoms with Gasteiger partial charge in [0.05, 0.1) is 29.8 Å². The molecule has 1 amide bonds. The Labute approximate surface area is 158 Å². The molecule has 0 spiro atoms. The number of benzene rings is 2. The first-order valence-corrected chi connectivity index (χ1v) is 8.78. The number of carbonyl (C=O) groups excluding carboxylic acids is 1. The molecule has 0 saturated heterocycles. The average Bonchev–Trinajstić information content (AvgIpc) is 3.30. The molecule has 1 aliphatic heterocycles.